The summed E-state index contributed by atoms with van der Waals surface area (Å²) >= 11 is 0. The summed E-state index contributed by atoms with van der Waals surface area (Å²) in [5.41, 5.74) is 20.0. The minimum Gasteiger partial charge on any atom is -0.480 e. The average molecular weight is 231 g/mol. The molecular weight excluding hydrogens is 218 g/mol. The van der Waals surface area contributed by atoms with Crippen molar-refractivity contribution in [2.45, 2.75) is 0 Å². The molecule has 0 unspecified atom stereocenters. The first kappa shape index (κ1) is 16.0. The molecular formula is C6H13N7O3. The molecule has 0 spiro atoms. The zero-order chi connectivity index (χ0) is 13.1. The van der Waals surface area contributed by atoms with Gasteiger partial charge < -0.3 is 32.8 Å². The molecule has 1 aromatic rings. The fourth-order valence-electron chi connectivity index (χ4n) is 0.427. The third-order valence-corrected chi connectivity index (χ3v) is 0.862. The molecule has 0 atom stereocenters. The van der Waals surface area contributed by atoms with Crippen molar-refractivity contribution >= 4 is 30.6 Å². The number of carbonyl (C=O) groups excluding carboxylic acids is 1. The van der Waals surface area contributed by atoms with Gasteiger partial charge in [-0.2, -0.15) is 15.0 Å². The van der Waals surface area contributed by atoms with E-state index in [0.29, 0.717) is 0 Å². The van der Waals surface area contributed by atoms with Gasteiger partial charge in [0.05, 0.1) is 6.54 Å². The molecule has 0 radical (unpaired) electrons. The Morgan fingerprint density at radius 1 is 1.06 bits per heavy atom. The monoisotopic (exact) mass is 231 g/mol. The number of hydrogen-bond acceptors (Lipinski definition) is 9. The first-order valence-electron chi connectivity index (χ1n) is 3.69. The number of carboxylic acids is 1. The van der Waals surface area contributed by atoms with E-state index in [0.717, 1.165) is 0 Å². The van der Waals surface area contributed by atoms with Gasteiger partial charge in [0.25, 0.3) is 0 Å². The van der Waals surface area contributed by atoms with Crippen LogP contribution in [0.2, 0.25) is 0 Å². The molecule has 0 aliphatic carbocycles. The minimum absolute atomic E-state index is 0.0417. The van der Waals surface area contributed by atoms with E-state index in [2.05, 4.69) is 20.7 Å². The number of nitrogens with two attached hydrogens (primary N) is 4. The van der Waals surface area contributed by atoms with Crippen LogP contribution in [0.25, 0.3) is 0 Å². The lowest BCUT2D eigenvalue weighted by Crippen LogP contribution is -2.10. The van der Waals surface area contributed by atoms with Gasteiger partial charge in [-0.3, -0.25) is 4.79 Å². The number of aromatic nitrogens is 3. The molecule has 0 aromatic carbocycles. The standard InChI is InChI=1S/C3H6N6.C2H5NO2.CH2O/c4-1-7-2(5)9-3(6)8-1;3-1-2(4)5;1-2/h(H6,4,5,6,7,8,9);1,3H2,(H,4,5);1H2. The van der Waals surface area contributed by atoms with E-state index < -0.39 is 5.97 Å². The Balaban J connectivity index is 0. The number of nitrogen functional groups attached to an aromatic ring is 3. The van der Waals surface area contributed by atoms with E-state index in [-0.39, 0.29) is 24.4 Å². The third-order valence-electron chi connectivity index (χ3n) is 0.862. The van der Waals surface area contributed by atoms with E-state index in [1.807, 2.05) is 6.79 Å². The molecule has 0 bridgehead atoms. The van der Waals surface area contributed by atoms with Crippen LogP contribution < -0.4 is 22.9 Å². The second-order valence-corrected chi connectivity index (χ2v) is 2.01. The van der Waals surface area contributed by atoms with Gasteiger partial charge in [-0.25, -0.2) is 0 Å². The van der Waals surface area contributed by atoms with Crippen LogP contribution in [0.3, 0.4) is 0 Å². The van der Waals surface area contributed by atoms with Gasteiger partial charge in [-0.1, -0.05) is 0 Å². The maximum absolute atomic E-state index is 9.24. The van der Waals surface area contributed by atoms with Crippen molar-refractivity contribution in [2.24, 2.45) is 5.73 Å². The van der Waals surface area contributed by atoms with Gasteiger partial charge in [-0.15, -0.1) is 0 Å². The highest BCUT2D eigenvalue weighted by atomic mass is 16.4. The van der Waals surface area contributed by atoms with Crippen molar-refractivity contribution in [3.05, 3.63) is 0 Å². The SMILES string of the molecule is C=O.NCC(=O)O.Nc1nc(N)nc(N)n1. The van der Waals surface area contributed by atoms with Crippen molar-refractivity contribution in [2.75, 3.05) is 23.7 Å². The number of aliphatic carboxylic acids is 1. The summed E-state index contributed by atoms with van der Waals surface area (Å²) in [7, 11) is 0. The summed E-state index contributed by atoms with van der Waals surface area (Å²) in [5.74, 6) is -0.843. The van der Waals surface area contributed by atoms with Gasteiger partial charge in [0.2, 0.25) is 17.8 Å². The molecule has 10 nitrogen and oxygen atoms in total. The fourth-order valence-corrected chi connectivity index (χ4v) is 0.427. The summed E-state index contributed by atoms with van der Waals surface area (Å²) in [6, 6.07) is 0. The Morgan fingerprint density at radius 3 is 1.38 bits per heavy atom. The predicted octanol–water partition coefficient (Wildman–Crippen LogP) is -2.54. The molecule has 0 aliphatic heterocycles. The Morgan fingerprint density at radius 2 is 1.25 bits per heavy atom. The highest BCUT2D eigenvalue weighted by Gasteiger charge is 1.93. The summed E-state index contributed by atoms with van der Waals surface area (Å²) < 4.78 is 0. The normalized spacial score (nSPS) is 7.81. The number of anilines is 3. The first-order valence-corrected chi connectivity index (χ1v) is 3.69. The number of carbonyl (C=O) groups is 2. The molecule has 1 heterocycles. The highest BCUT2D eigenvalue weighted by Crippen LogP contribution is 1.97. The predicted molar refractivity (Wildman–Crippen MR) is 56.9 cm³/mol. The minimum atomic E-state index is -0.968. The van der Waals surface area contributed by atoms with Crippen LogP contribution in [0.15, 0.2) is 0 Å². The smallest absolute Gasteiger partial charge is 0.317 e. The van der Waals surface area contributed by atoms with Crippen molar-refractivity contribution in [3.63, 3.8) is 0 Å². The lowest BCUT2D eigenvalue weighted by Gasteiger charge is -1.93. The number of rotatable bonds is 1. The average Bonchev–Trinajstić information content (AvgIpc) is 2.19. The summed E-state index contributed by atoms with van der Waals surface area (Å²) in [4.78, 5) is 27.7. The quantitative estimate of drug-likeness (QED) is 0.343. The molecule has 0 amide bonds. The van der Waals surface area contributed by atoms with Crippen molar-refractivity contribution in [3.8, 4) is 0 Å². The molecule has 0 fully saturated rings. The van der Waals surface area contributed by atoms with E-state index in [1.165, 1.54) is 0 Å². The molecule has 10 heteroatoms. The van der Waals surface area contributed by atoms with Crippen molar-refractivity contribution < 1.29 is 14.7 Å². The van der Waals surface area contributed by atoms with Crippen LogP contribution in [0.4, 0.5) is 17.8 Å². The zero-order valence-electron chi connectivity index (χ0n) is 8.33. The number of hydrogen-bond donors (Lipinski definition) is 5. The van der Waals surface area contributed by atoms with Gasteiger partial charge in [0.15, 0.2) is 0 Å². The summed E-state index contributed by atoms with van der Waals surface area (Å²) in [6.07, 6.45) is 0. The Labute approximate surface area is 90.7 Å². The molecule has 0 saturated heterocycles. The molecule has 1 rings (SSSR count). The molecule has 0 aliphatic rings. The van der Waals surface area contributed by atoms with Crippen LogP contribution in [-0.4, -0.2) is 39.4 Å². The van der Waals surface area contributed by atoms with Crippen LogP contribution >= 0.6 is 0 Å². The fraction of sp³-hybridized carbons (Fsp3) is 0.167. The van der Waals surface area contributed by atoms with Crippen molar-refractivity contribution in [1.29, 1.82) is 0 Å². The lowest BCUT2D eigenvalue weighted by molar-refractivity contribution is -0.135. The Hall–Kier alpha value is -2.49. The Kier molecular flexibility index (Phi) is 9.06. The van der Waals surface area contributed by atoms with E-state index in [4.69, 9.17) is 27.1 Å². The molecule has 16 heavy (non-hydrogen) atoms. The highest BCUT2D eigenvalue weighted by molar-refractivity contribution is 5.68. The van der Waals surface area contributed by atoms with Crippen LogP contribution in [0.5, 0.6) is 0 Å². The van der Waals surface area contributed by atoms with Crippen LogP contribution in [-0.2, 0) is 9.59 Å². The van der Waals surface area contributed by atoms with Crippen LogP contribution in [0.1, 0.15) is 0 Å². The molecule has 0 saturated carbocycles. The lowest BCUT2D eigenvalue weighted by atomic mass is 10.7. The van der Waals surface area contributed by atoms with E-state index in [1.54, 1.807) is 0 Å². The van der Waals surface area contributed by atoms with Gasteiger partial charge in [-0.05, 0) is 0 Å². The topological polar surface area (TPSA) is 197 Å². The number of carboxylic acid groups (broad SMARTS) is 1. The van der Waals surface area contributed by atoms with E-state index in [9.17, 15) is 4.79 Å². The van der Waals surface area contributed by atoms with E-state index >= 15 is 0 Å². The third kappa shape index (κ3) is 9.60. The first-order chi connectivity index (χ1) is 7.45. The maximum Gasteiger partial charge on any atom is 0.317 e. The second-order valence-electron chi connectivity index (χ2n) is 2.01. The van der Waals surface area contributed by atoms with Crippen molar-refractivity contribution in [1.82, 2.24) is 15.0 Å². The number of nitrogens with zero attached hydrogens (tertiary/aromatic N) is 3. The molecule has 90 valence electrons. The summed E-state index contributed by atoms with van der Waals surface area (Å²) in [6.45, 7) is 1.72. The van der Waals surface area contributed by atoms with Crippen LogP contribution in [0, 0.1) is 0 Å². The largest absolute Gasteiger partial charge is 0.480 e. The van der Waals surface area contributed by atoms with Gasteiger partial charge >= 0.3 is 5.97 Å². The molecule has 1 aromatic heterocycles. The zero-order valence-corrected chi connectivity index (χ0v) is 8.33. The van der Waals surface area contributed by atoms with Gasteiger partial charge in [0, 0.05) is 0 Å². The van der Waals surface area contributed by atoms with Gasteiger partial charge in [0.1, 0.15) is 6.79 Å². The second kappa shape index (κ2) is 9.08. The summed E-state index contributed by atoms with van der Waals surface area (Å²) in [5, 5.41) is 7.60. The Bertz CT molecular complexity index is 281. The molecule has 9 N–H and O–H groups in total. The maximum atomic E-state index is 9.24.